The molecule has 154 valence electrons. The van der Waals surface area contributed by atoms with Crippen LogP contribution in [0.2, 0.25) is 0 Å². The van der Waals surface area contributed by atoms with Crippen molar-refractivity contribution in [3.8, 4) is 11.1 Å². The summed E-state index contributed by atoms with van der Waals surface area (Å²) in [5, 5.41) is 7.18. The van der Waals surface area contributed by atoms with Crippen molar-refractivity contribution in [2.45, 2.75) is 32.7 Å². The number of ether oxygens (including phenoxy) is 1. The molecule has 0 saturated heterocycles. The molecule has 0 unspecified atom stereocenters. The molecule has 1 N–H and O–H groups in total. The van der Waals surface area contributed by atoms with Crippen LogP contribution in [0.25, 0.3) is 17.2 Å². The predicted molar refractivity (Wildman–Crippen MR) is 119 cm³/mol. The van der Waals surface area contributed by atoms with Crippen LogP contribution in [0.15, 0.2) is 60.8 Å². The van der Waals surface area contributed by atoms with Gasteiger partial charge in [0.05, 0.1) is 6.20 Å². The van der Waals surface area contributed by atoms with Gasteiger partial charge in [0.1, 0.15) is 6.61 Å². The molecular formula is C25H27N3O2. The van der Waals surface area contributed by atoms with Crippen LogP contribution in [0.4, 0.5) is 4.79 Å². The predicted octanol–water partition coefficient (Wildman–Crippen LogP) is 5.15. The van der Waals surface area contributed by atoms with E-state index in [1.54, 1.807) is 0 Å². The molecule has 5 heteroatoms. The number of hydrogen-bond donors (Lipinski definition) is 1. The lowest BCUT2D eigenvalue weighted by Gasteiger charge is -2.14. The van der Waals surface area contributed by atoms with E-state index < -0.39 is 6.09 Å². The molecule has 0 saturated carbocycles. The molecule has 0 aliphatic heterocycles. The van der Waals surface area contributed by atoms with Gasteiger partial charge >= 0.3 is 6.09 Å². The van der Waals surface area contributed by atoms with Gasteiger partial charge in [0.15, 0.2) is 0 Å². The van der Waals surface area contributed by atoms with Crippen molar-refractivity contribution < 1.29 is 9.53 Å². The molecule has 0 atom stereocenters. The first kappa shape index (κ1) is 20.0. The topological polar surface area (TPSA) is 56.2 Å². The Labute approximate surface area is 177 Å². The highest BCUT2D eigenvalue weighted by molar-refractivity contribution is 5.79. The van der Waals surface area contributed by atoms with Gasteiger partial charge in [-0.2, -0.15) is 5.10 Å². The van der Waals surface area contributed by atoms with Crippen molar-refractivity contribution >= 4 is 12.2 Å². The lowest BCUT2D eigenvalue weighted by molar-refractivity contribution is 0.144. The van der Waals surface area contributed by atoms with E-state index in [0.717, 1.165) is 24.2 Å². The van der Waals surface area contributed by atoms with Crippen LogP contribution < -0.4 is 5.32 Å². The van der Waals surface area contributed by atoms with Crippen LogP contribution in [0.5, 0.6) is 0 Å². The maximum absolute atomic E-state index is 12.2. The van der Waals surface area contributed by atoms with Crippen LogP contribution in [0.3, 0.4) is 0 Å². The minimum absolute atomic E-state index is 0.0748. The van der Waals surface area contributed by atoms with Crippen LogP contribution in [0, 0.1) is 6.92 Å². The fraction of sp³-hybridized carbons (Fsp3) is 0.280. The van der Waals surface area contributed by atoms with Gasteiger partial charge in [-0.1, -0.05) is 67.6 Å². The summed E-state index contributed by atoms with van der Waals surface area (Å²) in [5.41, 5.74) is 7.08. The number of amides is 1. The highest BCUT2D eigenvalue weighted by atomic mass is 16.5. The number of hydrogen-bond acceptors (Lipinski definition) is 3. The molecule has 3 aromatic rings. The van der Waals surface area contributed by atoms with Crippen molar-refractivity contribution in [3.05, 3.63) is 83.2 Å². The Balaban J connectivity index is 1.31. The van der Waals surface area contributed by atoms with Gasteiger partial charge in [-0.15, -0.1) is 0 Å². The third-order valence-corrected chi connectivity index (χ3v) is 5.58. The summed E-state index contributed by atoms with van der Waals surface area (Å²) in [5.74, 6) is 0.0748. The summed E-state index contributed by atoms with van der Waals surface area (Å²) < 4.78 is 7.55. The number of aryl methyl sites for hydroxylation is 1. The Bertz CT molecular complexity index is 1020. The van der Waals surface area contributed by atoms with E-state index >= 15 is 0 Å². The first-order valence-corrected chi connectivity index (χ1v) is 10.5. The molecule has 1 aromatic heterocycles. The number of carbonyl (C=O) groups excluding carboxylic acids is 1. The Morgan fingerprint density at radius 2 is 1.80 bits per heavy atom. The Morgan fingerprint density at radius 1 is 1.13 bits per heavy atom. The second kappa shape index (κ2) is 8.99. The fourth-order valence-electron chi connectivity index (χ4n) is 4.04. The molecule has 0 radical (unpaired) electrons. The molecule has 2 aromatic carbocycles. The van der Waals surface area contributed by atoms with Crippen molar-refractivity contribution in [2.24, 2.45) is 0 Å². The number of aromatic nitrogens is 2. The molecule has 0 spiro atoms. The summed E-state index contributed by atoms with van der Waals surface area (Å²) in [4.78, 5) is 12.2. The number of benzene rings is 2. The Morgan fingerprint density at radius 3 is 2.47 bits per heavy atom. The third kappa shape index (κ3) is 4.01. The maximum Gasteiger partial charge on any atom is 0.407 e. The molecule has 5 nitrogen and oxygen atoms in total. The number of rotatable bonds is 7. The molecule has 30 heavy (non-hydrogen) atoms. The number of alkyl carbamates (subject to hydrolysis) is 1. The van der Waals surface area contributed by atoms with Crippen LogP contribution >= 0.6 is 0 Å². The zero-order valence-electron chi connectivity index (χ0n) is 17.5. The summed E-state index contributed by atoms with van der Waals surface area (Å²) >= 11 is 0. The van der Waals surface area contributed by atoms with Crippen molar-refractivity contribution in [2.75, 3.05) is 13.2 Å². The van der Waals surface area contributed by atoms with Crippen molar-refractivity contribution in [1.29, 1.82) is 0 Å². The summed E-state index contributed by atoms with van der Waals surface area (Å²) in [6, 6.07) is 16.7. The molecule has 4 rings (SSSR count). The first-order valence-electron chi connectivity index (χ1n) is 10.5. The fourth-order valence-corrected chi connectivity index (χ4v) is 4.04. The van der Waals surface area contributed by atoms with E-state index in [4.69, 9.17) is 4.74 Å². The maximum atomic E-state index is 12.2. The number of nitrogens with one attached hydrogen (secondary N) is 1. The molecule has 1 heterocycles. The Kier molecular flexibility index (Phi) is 5.98. The van der Waals surface area contributed by atoms with E-state index in [1.807, 2.05) is 47.3 Å². The minimum atomic E-state index is -0.403. The smallest absolute Gasteiger partial charge is 0.407 e. The van der Waals surface area contributed by atoms with E-state index in [0.29, 0.717) is 13.2 Å². The van der Waals surface area contributed by atoms with Gasteiger partial charge in [-0.3, -0.25) is 4.68 Å². The largest absolute Gasteiger partial charge is 0.449 e. The quantitative estimate of drug-likeness (QED) is 0.595. The van der Waals surface area contributed by atoms with Crippen LogP contribution in [0.1, 0.15) is 41.6 Å². The minimum Gasteiger partial charge on any atom is -0.449 e. The SMILES string of the molecule is CCCn1ncc(C=CCNC(=O)OCC2c3ccccc3-c3ccccc32)c1C. The van der Waals surface area contributed by atoms with Gasteiger partial charge in [-0.05, 0) is 35.6 Å². The Hall–Kier alpha value is -3.34. The van der Waals surface area contributed by atoms with Crippen LogP contribution in [-0.4, -0.2) is 29.0 Å². The van der Waals surface area contributed by atoms with E-state index in [9.17, 15) is 4.79 Å². The zero-order chi connectivity index (χ0) is 20.9. The van der Waals surface area contributed by atoms with Gasteiger partial charge in [0.2, 0.25) is 0 Å². The van der Waals surface area contributed by atoms with Crippen molar-refractivity contribution in [1.82, 2.24) is 15.1 Å². The highest BCUT2D eigenvalue weighted by Crippen LogP contribution is 2.44. The second-order valence-corrected chi connectivity index (χ2v) is 7.52. The molecule has 1 aliphatic rings. The lowest BCUT2D eigenvalue weighted by atomic mass is 9.98. The standard InChI is InChI=1S/C25H27N3O2/c1-3-15-28-18(2)19(16-27-28)9-8-14-26-25(29)30-17-24-22-12-6-4-10-20(22)21-11-5-7-13-23(21)24/h4-13,16,24H,3,14-15,17H2,1-2H3,(H,26,29). The third-order valence-electron chi connectivity index (χ3n) is 5.58. The number of nitrogens with zero attached hydrogens (tertiary/aromatic N) is 2. The van der Waals surface area contributed by atoms with Gasteiger partial charge < -0.3 is 10.1 Å². The van der Waals surface area contributed by atoms with E-state index in [-0.39, 0.29) is 5.92 Å². The van der Waals surface area contributed by atoms with Gasteiger partial charge in [0, 0.05) is 30.3 Å². The molecule has 0 fully saturated rings. The lowest BCUT2D eigenvalue weighted by Crippen LogP contribution is -2.26. The van der Waals surface area contributed by atoms with E-state index in [1.165, 1.54) is 22.3 Å². The highest BCUT2D eigenvalue weighted by Gasteiger charge is 2.28. The molecule has 1 aliphatic carbocycles. The number of fused-ring (bicyclic) bond motifs is 3. The average Bonchev–Trinajstić information content (AvgIpc) is 3.28. The zero-order valence-corrected chi connectivity index (χ0v) is 17.5. The summed E-state index contributed by atoms with van der Waals surface area (Å²) in [6.45, 7) is 5.84. The van der Waals surface area contributed by atoms with Gasteiger partial charge in [-0.25, -0.2) is 4.79 Å². The van der Waals surface area contributed by atoms with Crippen LogP contribution in [-0.2, 0) is 11.3 Å². The normalized spacial score (nSPS) is 12.7. The number of carbonyl (C=O) groups is 1. The molecule has 0 bridgehead atoms. The monoisotopic (exact) mass is 401 g/mol. The second-order valence-electron chi connectivity index (χ2n) is 7.52. The van der Waals surface area contributed by atoms with E-state index in [2.05, 4.69) is 48.5 Å². The molecular weight excluding hydrogens is 374 g/mol. The van der Waals surface area contributed by atoms with Gasteiger partial charge in [0.25, 0.3) is 0 Å². The summed E-state index contributed by atoms with van der Waals surface area (Å²) in [6.07, 6.45) is 6.41. The first-order chi connectivity index (χ1) is 14.7. The summed E-state index contributed by atoms with van der Waals surface area (Å²) in [7, 11) is 0. The van der Waals surface area contributed by atoms with Crippen molar-refractivity contribution in [3.63, 3.8) is 0 Å². The molecule has 1 amide bonds. The average molecular weight is 402 g/mol.